The second-order valence-electron chi connectivity index (χ2n) is 4.14. The Morgan fingerprint density at radius 1 is 1.19 bits per heavy atom. The molecule has 0 aliphatic rings. The van der Waals surface area contributed by atoms with Crippen LogP contribution in [0.15, 0.2) is 46.3 Å². The Morgan fingerprint density at radius 3 is 2.52 bits per heavy atom. The number of nitrogens with zero attached hydrogens (tertiary/aromatic N) is 1. The monoisotopic (exact) mass is 316 g/mol. The van der Waals surface area contributed by atoms with E-state index in [1.54, 1.807) is 13.0 Å². The van der Waals surface area contributed by atoms with Gasteiger partial charge < -0.3 is 5.32 Å². The van der Waals surface area contributed by atoms with Crippen LogP contribution in [-0.4, -0.2) is 11.5 Å². The minimum Gasteiger partial charge on any atom is -0.370 e. The Morgan fingerprint density at radius 2 is 1.90 bits per heavy atom. The maximum atomic E-state index is 13.6. The molecule has 1 aromatic heterocycles. The summed E-state index contributed by atoms with van der Waals surface area (Å²) in [6, 6.07) is 7.73. The van der Waals surface area contributed by atoms with Gasteiger partial charge >= 0.3 is 6.18 Å². The summed E-state index contributed by atoms with van der Waals surface area (Å²) in [5.41, 5.74) is -0.813. The molecule has 0 aliphatic heterocycles. The molecule has 112 valence electrons. The zero-order chi connectivity index (χ0) is 15.5. The zero-order valence-corrected chi connectivity index (χ0v) is 11.9. The summed E-state index contributed by atoms with van der Waals surface area (Å²) in [5, 5.41) is 2.83. The first-order valence-electron chi connectivity index (χ1n) is 6.15. The van der Waals surface area contributed by atoms with Crippen LogP contribution in [0.2, 0.25) is 0 Å². The maximum Gasteiger partial charge on any atom is 0.416 e. The molecule has 2 rings (SSSR count). The molecule has 0 spiro atoms. The molecule has 1 N–H and O–H groups in total. The van der Waals surface area contributed by atoms with Crippen molar-refractivity contribution in [3.8, 4) is 0 Å². The predicted molar refractivity (Wildman–Crippen MR) is 73.9 cm³/mol. The van der Waals surface area contributed by atoms with Crippen LogP contribution in [-0.2, 0) is 6.18 Å². The summed E-state index contributed by atoms with van der Waals surface area (Å²) in [6.45, 7) is 2.20. The summed E-state index contributed by atoms with van der Waals surface area (Å²) in [5.74, 6) is -0.377. The van der Waals surface area contributed by atoms with Crippen LogP contribution in [0.5, 0.6) is 0 Å². The molecule has 0 unspecified atom stereocenters. The number of hydrogen-bond acceptors (Lipinski definition) is 3. The van der Waals surface area contributed by atoms with Crippen molar-refractivity contribution < 1.29 is 17.6 Å². The van der Waals surface area contributed by atoms with Crippen LogP contribution in [0.3, 0.4) is 0 Å². The van der Waals surface area contributed by atoms with E-state index in [-0.39, 0.29) is 15.7 Å². The van der Waals surface area contributed by atoms with E-state index in [0.29, 0.717) is 6.54 Å². The first kappa shape index (κ1) is 15.6. The minimum absolute atomic E-state index is 0.0888. The van der Waals surface area contributed by atoms with Gasteiger partial charge in [-0.2, -0.15) is 13.2 Å². The van der Waals surface area contributed by atoms with Gasteiger partial charge in [0.1, 0.15) is 16.7 Å². The molecule has 0 aliphatic carbocycles. The van der Waals surface area contributed by atoms with Gasteiger partial charge in [0.2, 0.25) is 0 Å². The molecule has 21 heavy (non-hydrogen) atoms. The van der Waals surface area contributed by atoms with Gasteiger partial charge in [0.25, 0.3) is 0 Å². The van der Waals surface area contributed by atoms with Gasteiger partial charge in [-0.1, -0.05) is 23.9 Å². The van der Waals surface area contributed by atoms with Gasteiger partial charge in [-0.3, -0.25) is 0 Å². The van der Waals surface area contributed by atoms with Crippen molar-refractivity contribution in [1.82, 2.24) is 4.98 Å². The fourth-order valence-electron chi connectivity index (χ4n) is 1.63. The van der Waals surface area contributed by atoms with Crippen LogP contribution in [0.1, 0.15) is 12.5 Å². The summed E-state index contributed by atoms with van der Waals surface area (Å²) in [4.78, 5) is 4.29. The van der Waals surface area contributed by atoms with Gasteiger partial charge in [0.05, 0.1) is 5.56 Å². The Balaban J connectivity index is 2.38. The normalized spacial score (nSPS) is 11.5. The lowest BCUT2D eigenvalue weighted by Gasteiger charge is -2.12. The number of pyridine rings is 1. The topological polar surface area (TPSA) is 24.9 Å². The highest BCUT2D eigenvalue weighted by Gasteiger charge is 2.31. The van der Waals surface area contributed by atoms with Gasteiger partial charge in [-0.15, -0.1) is 0 Å². The second kappa shape index (κ2) is 6.34. The zero-order valence-electron chi connectivity index (χ0n) is 11.0. The molecular weight excluding hydrogens is 304 g/mol. The number of hydrogen-bond donors (Lipinski definition) is 1. The molecule has 2 aromatic rings. The SMILES string of the molecule is CCNc1cc(C(F)(F)F)cc(Sc2ccccc2F)n1. The van der Waals surface area contributed by atoms with Crippen molar-refractivity contribution >= 4 is 17.6 Å². The van der Waals surface area contributed by atoms with Gasteiger partial charge in [0.15, 0.2) is 0 Å². The molecule has 0 saturated carbocycles. The number of halogens is 4. The number of aromatic nitrogens is 1. The summed E-state index contributed by atoms with van der Waals surface area (Å²) in [6.07, 6.45) is -4.47. The summed E-state index contributed by atoms with van der Waals surface area (Å²) < 4.78 is 52.2. The minimum atomic E-state index is -4.47. The van der Waals surface area contributed by atoms with Crippen LogP contribution >= 0.6 is 11.8 Å². The third-order valence-electron chi connectivity index (χ3n) is 2.54. The maximum absolute atomic E-state index is 13.6. The molecule has 0 radical (unpaired) electrons. The fourth-order valence-corrected chi connectivity index (χ4v) is 2.50. The van der Waals surface area contributed by atoms with Crippen molar-refractivity contribution in [2.45, 2.75) is 23.0 Å². The molecule has 1 heterocycles. The highest BCUT2D eigenvalue weighted by Crippen LogP contribution is 2.35. The van der Waals surface area contributed by atoms with Gasteiger partial charge in [-0.25, -0.2) is 9.37 Å². The third-order valence-corrected chi connectivity index (χ3v) is 3.51. The van der Waals surface area contributed by atoms with E-state index in [2.05, 4.69) is 10.3 Å². The molecule has 0 fully saturated rings. The smallest absolute Gasteiger partial charge is 0.370 e. The Kier molecular flexibility index (Phi) is 4.72. The lowest BCUT2D eigenvalue weighted by Crippen LogP contribution is -2.08. The molecular formula is C14H12F4N2S. The van der Waals surface area contributed by atoms with Gasteiger partial charge in [0, 0.05) is 11.4 Å². The van der Waals surface area contributed by atoms with E-state index in [1.165, 1.54) is 18.2 Å². The van der Waals surface area contributed by atoms with Crippen LogP contribution in [0.4, 0.5) is 23.4 Å². The molecule has 0 saturated heterocycles. The molecule has 0 atom stereocenters. The molecule has 1 aromatic carbocycles. The Bertz CT molecular complexity index is 629. The number of alkyl halides is 3. The van der Waals surface area contributed by atoms with E-state index in [4.69, 9.17) is 0 Å². The van der Waals surface area contributed by atoms with E-state index in [9.17, 15) is 17.6 Å². The standard InChI is InChI=1S/C14H12F4N2S/c1-2-19-12-7-9(14(16,17)18)8-13(20-12)21-11-6-4-3-5-10(11)15/h3-8H,2H2,1H3,(H,19,20). The molecule has 2 nitrogen and oxygen atoms in total. The highest BCUT2D eigenvalue weighted by atomic mass is 32.2. The first-order valence-corrected chi connectivity index (χ1v) is 6.97. The highest BCUT2D eigenvalue weighted by molar-refractivity contribution is 7.99. The van der Waals surface area contributed by atoms with Crippen LogP contribution in [0, 0.1) is 5.82 Å². The molecule has 0 amide bonds. The largest absolute Gasteiger partial charge is 0.416 e. The Labute approximate surface area is 123 Å². The van der Waals surface area contributed by atoms with E-state index in [1.807, 2.05) is 0 Å². The van der Waals surface area contributed by atoms with Crippen LogP contribution < -0.4 is 5.32 Å². The number of rotatable bonds is 4. The second-order valence-corrected chi connectivity index (χ2v) is 5.20. The number of anilines is 1. The predicted octanol–water partition coefficient (Wildman–Crippen LogP) is 4.82. The van der Waals surface area contributed by atoms with Crippen LogP contribution in [0.25, 0.3) is 0 Å². The Hall–Kier alpha value is -1.76. The number of nitrogens with one attached hydrogen (secondary N) is 1. The molecule has 7 heteroatoms. The van der Waals surface area contributed by atoms with Crippen molar-refractivity contribution in [2.75, 3.05) is 11.9 Å². The lowest BCUT2D eigenvalue weighted by molar-refractivity contribution is -0.137. The van der Waals surface area contributed by atoms with Crippen molar-refractivity contribution in [3.05, 3.63) is 47.8 Å². The average molecular weight is 316 g/mol. The lowest BCUT2D eigenvalue weighted by atomic mass is 10.2. The fraction of sp³-hybridized carbons (Fsp3) is 0.214. The first-order chi connectivity index (χ1) is 9.90. The summed E-state index contributed by atoms with van der Waals surface area (Å²) in [7, 11) is 0. The average Bonchev–Trinajstić information content (AvgIpc) is 2.41. The molecule has 0 bridgehead atoms. The quantitative estimate of drug-likeness (QED) is 0.818. The van der Waals surface area contributed by atoms with Crippen molar-refractivity contribution in [3.63, 3.8) is 0 Å². The van der Waals surface area contributed by atoms with E-state index >= 15 is 0 Å². The van der Waals surface area contributed by atoms with Crippen molar-refractivity contribution in [1.29, 1.82) is 0 Å². The third kappa shape index (κ3) is 4.10. The van der Waals surface area contributed by atoms with Crippen molar-refractivity contribution in [2.24, 2.45) is 0 Å². The number of benzene rings is 1. The van der Waals surface area contributed by atoms with Gasteiger partial charge in [-0.05, 0) is 31.2 Å². The summed E-state index contributed by atoms with van der Waals surface area (Å²) >= 11 is 0.858. The van der Waals surface area contributed by atoms with E-state index < -0.39 is 17.6 Å². The van der Waals surface area contributed by atoms with E-state index in [0.717, 1.165) is 23.9 Å².